The summed E-state index contributed by atoms with van der Waals surface area (Å²) in [5.74, 6) is 0.578. The number of hydrogen-bond donors (Lipinski definition) is 2. The summed E-state index contributed by atoms with van der Waals surface area (Å²) in [7, 11) is 0. The Morgan fingerprint density at radius 1 is 1.33 bits per heavy atom. The molecule has 1 aromatic heterocycles. The van der Waals surface area contributed by atoms with Crippen LogP contribution >= 0.6 is 0 Å². The highest BCUT2D eigenvalue weighted by molar-refractivity contribution is 5.88. The number of hydrogen-bond acceptors (Lipinski definition) is 2. The van der Waals surface area contributed by atoms with Crippen LogP contribution in [0.25, 0.3) is 0 Å². The summed E-state index contributed by atoms with van der Waals surface area (Å²) in [5.41, 5.74) is 2.40. The van der Waals surface area contributed by atoms with E-state index in [2.05, 4.69) is 15.6 Å². The van der Waals surface area contributed by atoms with E-state index < -0.39 is 0 Å². The molecule has 96 valence electrons. The monoisotopic (exact) mass is 245 g/mol. The highest BCUT2D eigenvalue weighted by Gasteiger charge is 2.06. The van der Waals surface area contributed by atoms with E-state index in [-0.39, 0.29) is 6.03 Å². The van der Waals surface area contributed by atoms with Crippen molar-refractivity contribution in [2.75, 3.05) is 5.32 Å². The summed E-state index contributed by atoms with van der Waals surface area (Å²) in [5, 5.41) is 5.48. The van der Waals surface area contributed by atoms with Crippen LogP contribution in [0.2, 0.25) is 0 Å². The zero-order valence-electron chi connectivity index (χ0n) is 10.7. The predicted octanol–water partition coefficient (Wildman–Crippen LogP) is 3.36. The van der Waals surface area contributed by atoms with Crippen LogP contribution in [0.5, 0.6) is 0 Å². The summed E-state index contributed by atoms with van der Waals surface area (Å²) in [6.45, 7) is 1.97. The van der Waals surface area contributed by atoms with E-state index in [4.69, 9.17) is 0 Å². The van der Waals surface area contributed by atoms with E-state index in [1.54, 1.807) is 6.20 Å². The number of aryl methyl sites for hydroxylation is 1. The molecule has 1 aliphatic carbocycles. The number of rotatable bonds is 2. The molecule has 2 N–H and O–H groups in total. The molecule has 0 spiro atoms. The number of carbonyl (C=O) groups excluding carboxylic acids is 1. The Bertz CT molecular complexity index is 446. The van der Waals surface area contributed by atoms with Crippen LogP contribution in [0.3, 0.4) is 0 Å². The fourth-order valence-corrected chi connectivity index (χ4v) is 2.07. The van der Waals surface area contributed by atoms with E-state index in [1.807, 2.05) is 25.3 Å². The molecule has 0 unspecified atom stereocenters. The lowest BCUT2D eigenvalue weighted by atomic mass is 9.96. The zero-order valence-corrected chi connectivity index (χ0v) is 10.7. The number of carbonyl (C=O) groups is 1. The van der Waals surface area contributed by atoms with Gasteiger partial charge in [0.15, 0.2) is 0 Å². The molecule has 0 radical (unpaired) electrons. The van der Waals surface area contributed by atoms with Gasteiger partial charge in [0.1, 0.15) is 5.82 Å². The highest BCUT2D eigenvalue weighted by atomic mass is 16.2. The molecule has 0 aromatic carbocycles. The summed E-state index contributed by atoms with van der Waals surface area (Å²) in [6.07, 6.45) is 9.49. The lowest BCUT2D eigenvalue weighted by Crippen LogP contribution is -2.25. The van der Waals surface area contributed by atoms with Crippen LogP contribution in [-0.2, 0) is 0 Å². The number of allylic oxidation sites excluding steroid dienone is 1. The van der Waals surface area contributed by atoms with Gasteiger partial charge in [-0.3, -0.25) is 5.32 Å². The zero-order chi connectivity index (χ0) is 12.8. The van der Waals surface area contributed by atoms with Gasteiger partial charge in [-0.25, -0.2) is 9.78 Å². The van der Waals surface area contributed by atoms with E-state index in [9.17, 15) is 4.79 Å². The van der Waals surface area contributed by atoms with Crippen LogP contribution in [0.1, 0.15) is 37.7 Å². The first-order valence-electron chi connectivity index (χ1n) is 6.42. The average Bonchev–Trinajstić information content (AvgIpc) is 2.38. The minimum atomic E-state index is -0.230. The van der Waals surface area contributed by atoms with E-state index >= 15 is 0 Å². The van der Waals surface area contributed by atoms with Crippen molar-refractivity contribution >= 4 is 11.8 Å². The Morgan fingerprint density at radius 2 is 2.11 bits per heavy atom. The lowest BCUT2D eigenvalue weighted by Gasteiger charge is -2.13. The van der Waals surface area contributed by atoms with Crippen molar-refractivity contribution in [3.63, 3.8) is 0 Å². The summed E-state index contributed by atoms with van der Waals surface area (Å²) in [6, 6.07) is 3.51. The third kappa shape index (κ3) is 3.87. The second-order valence-electron chi connectivity index (χ2n) is 4.68. The SMILES string of the molecule is Cc1ccnc(NC(=O)NC=C2CCCCC2)c1. The maximum Gasteiger partial charge on any atom is 0.324 e. The van der Waals surface area contributed by atoms with Crippen molar-refractivity contribution in [1.29, 1.82) is 0 Å². The fraction of sp³-hybridized carbons (Fsp3) is 0.429. The molecule has 1 aliphatic rings. The average molecular weight is 245 g/mol. The second kappa shape index (κ2) is 6.19. The number of pyridine rings is 1. The molecular weight excluding hydrogens is 226 g/mol. The van der Waals surface area contributed by atoms with Gasteiger partial charge in [-0.15, -0.1) is 0 Å². The van der Waals surface area contributed by atoms with E-state index in [1.165, 1.54) is 24.8 Å². The number of aromatic nitrogens is 1. The van der Waals surface area contributed by atoms with Gasteiger partial charge in [0.2, 0.25) is 0 Å². The number of nitrogens with zero attached hydrogens (tertiary/aromatic N) is 1. The Balaban J connectivity index is 1.85. The van der Waals surface area contributed by atoms with Gasteiger partial charge in [-0.1, -0.05) is 12.0 Å². The summed E-state index contributed by atoms with van der Waals surface area (Å²) >= 11 is 0. The molecular formula is C14H19N3O. The first-order valence-corrected chi connectivity index (χ1v) is 6.42. The topological polar surface area (TPSA) is 54.0 Å². The number of anilines is 1. The van der Waals surface area contributed by atoms with Crippen LogP contribution in [0.4, 0.5) is 10.6 Å². The third-order valence-corrected chi connectivity index (χ3v) is 3.06. The minimum Gasteiger partial charge on any atom is -0.314 e. The van der Waals surface area contributed by atoms with Gasteiger partial charge < -0.3 is 5.32 Å². The van der Waals surface area contributed by atoms with Gasteiger partial charge in [0.05, 0.1) is 0 Å². The summed E-state index contributed by atoms with van der Waals surface area (Å²) < 4.78 is 0. The van der Waals surface area contributed by atoms with Gasteiger partial charge >= 0.3 is 6.03 Å². The van der Waals surface area contributed by atoms with Crippen molar-refractivity contribution in [3.8, 4) is 0 Å². The molecule has 0 saturated heterocycles. The molecule has 4 heteroatoms. The Labute approximate surface area is 108 Å². The van der Waals surface area contributed by atoms with Gasteiger partial charge in [0, 0.05) is 12.4 Å². The van der Waals surface area contributed by atoms with Crippen molar-refractivity contribution in [3.05, 3.63) is 35.7 Å². The Hall–Kier alpha value is -1.84. The molecule has 1 aromatic rings. The predicted molar refractivity (Wildman–Crippen MR) is 72.3 cm³/mol. The fourth-order valence-electron chi connectivity index (χ4n) is 2.07. The molecule has 1 fully saturated rings. The van der Waals surface area contributed by atoms with Gasteiger partial charge in [-0.05, 0) is 50.3 Å². The molecule has 1 saturated carbocycles. The molecule has 18 heavy (non-hydrogen) atoms. The first-order chi connectivity index (χ1) is 8.74. The summed E-state index contributed by atoms with van der Waals surface area (Å²) in [4.78, 5) is 15.7. The molecule has 4 nitrogen and oxygen atoms in total. The maximum absolute atomic E-state index is 11.7. The van der Waals surface area contributed by atoms with Crippen LogP contribution in [-0.4, -0.2) is 11.0 Å². The number of nitrogens with one attached hydrogen (secondary N) is 2. The van der Waals surface area contributed by atoms with Crippen LogP contribution < -0.4 is 10.6 Å². The van der Waals surface area contributed by atoms with Gasteiger partial charge in [-0.2, -0.15) is 0 Å². The molecule has 2 rings (SSSR count). The molecule has 2 amide bonds. The highest BCUT2D eigenvalue weighted by Crippen LogP contribution is 2.21. The van der Waals surface area contributed by atoms with Crippen molar-refractivity contribution in [2.24, 2.45) is 0 Å². The van der Waals surface area contributed by atoms with Crippen molar-refractivity contribution in [1.82, 2.24) is 10.3 Å². The molecule has 0 atom stereocenters. The van der Waals surface area contributed by atoms with Gasteiger partial charge in [0.25, 0.3) is 0 Å². The van der Waals surface area contributed by atoms with Crippen LogP contribution in [0, 0.1) is 6.92 Å². The maximum atomic E-state index is 11.7. The molecule has 0 bridgehead atoms. The standard InChI is InChI=1S/C14H19N3O/c1-11-7-8-15-13(9-11)17-14(18)16-10-12-5-3-2-4-6-12/h7-10H,2-6H2,1H3,(H2,15,16,17,18). The molecule has 1 heterocycles. The Morgan fingerprint density at radius 3 is 2.83 bits per heavy atom. The second-order valence-corrected chi connectivity index (χ2v) is 4.68. The third-order valence-electron chi connectivity index (χ3n) is 3.06. The number of urea groups is 1. The van der Waals surface area contributed by atoms with Crippen molar-refractivity contribution < 1.29 is 4.79 Å². The molecule has 0 aliphatic heterocycles. The van der Waals surface area contributed by atoms with E-state index in [0.717, 1.165) is 18.4 Å². The quantitative estimate of drug-likeness (QED) is 0.839. The smallest absolute Gasteiger partial charge is 0.314 e. The minimum absolute atomic E-state index is 0.230. The normalized spacial score (nSPS) is 15.1. The van der Waals surface area contributed by atoms with Crippen molar-refractivity contribution in [2.45, 2.75) is 39.0 Å². The lowest BCUT2D eigenvalue weighted by molar-refractivity contribution is 0.255. The number of amides is 2. The van der Waals surface area contributed by atoms with Crippen LogP contribution in [0.15, 0.2) is 30.1 Å². The van der Waals surface area contributed by atoms with E-state index in [0.29, 0.717) is 5.82 Å². The first kappa shape index (κ1) is 12.6. The Kier molecular flexibility index (Phi) is 4.34. The largest absolute Gasteiger partial charge is 0.324 e.